The Bertz CT molecular complexity index is 1090. The Morgan fingerprint density at radius 3 is 2.60 bits per heavy atom. The molecule has 0 spiro atoms. The highest BCUT2D eigenvalue weighted by molar-refractivity contribution is 5.64. The SMILES string of the molecule is CCC(C)c1nn(C)c2c(c1=O)C(Cc1cccc(-c3ccccc3)c1)C(N)CC2. The second kappa shape index (κ2) is 8.57. The third-order valence-corrected chi connectivity index (χ3v) is 6.61. The van der Waals surface area contributed by atoms with Crippen molar-refractivity contribution in [2.45, 2.75) is 57.4 Å². The van der Waals surface area contributed by atoms with Crippen molar-refractivity contribution >= 4 is 0 Å². The lowest BCUT2D eigenvalue weighted by atomic mass is 9.77. The Labute approximate surface area is 178 Å². The average Bonchev–Trinajstić information content (AvgIpc) is 2.78. The van der Waals surface area contributed by atoms with Crippen LogP contribution in [0.25, 0.3) is 11.1 Å². The zero-order chi connectivity index (χ0) is 21.3. The van der Waals surface area contributed by atoms with E-state index in [1.54, 1.807) is 0 Å². The highest BCUT2D eigenvalue weighted by Crippen LogP contribution is 2.33. The zero-order valence-electron chi connectivity index (χ0n) is 18.1. The van der Waals surface area contributed by atoms with Gasteiger partial charge in [-0.05, 0) is 42.4 Å². The maximum atomic E-state index is 13.5. The molecule has 30 heavy (non-hydrogen) atoms. The van der Waals surface area contributed by atoms with Crippen LogP contribution in [0.1, 0.15) is 61.0 Å². The number of nitrogens with two attached hydrogens (primary N) is 1. The third kappa shape index (κ3) is 3.84. The van der Waals surface area contributed by atoms with Gasteiger partial charge in [0.1, 0.15) is 5.69 Å². The summed E-state index contributed by atoms with van der Waals surface area (Å²) in [6.45, 7) is 4.18. The molecule has 1 aromatic heterocycles. The molecule has 1 aliphatic carbocycles. The minimum absolute atomic E-state index is 0.0160. The van der Waals surface area contributed by atoms with Gasteiger partial charge in [-0.2, -0.15) is 5.10 Å². The van der Waals surface area contributed by atoms with Crippen LogP contribution in [-0.2, 0) is 19.9 Å². The number of fused-ring (bicyclic) bond motifs is 1. The van der Waals surface area contributed by atoms with E-state index in [4.69, 9.17) is 5.73 Å². The van der Waals surface area contributed by atoms with Gasteiger partial charge in [-0.3, -0.25) is 9.48 Å². The standard InChI is InChI=1S/C26H31N3O/c1-4-17(2)25-26(30)24-21(22(27)13-14-23(24)29(3)28-25)16-18-9-8-12-20(15-18)19-10-6-5-7-11-19/h5-12,15,17,21-22H,4,13-14,16,27H2,1-3H3. The van der Waals surface area contributed by atoms with Crippen molar-refractivity contribution in [3.8, 4) is 11.1 Å². The monoisotopic (exact) mass is 401 g/mol. The number of nitrogens with zero attached hydrogens (tertiary/aromatic N) is 2. The van der Waals surface area contributed by atoms with Crippen molar-refractivity contribution in [2.24, 2.45) is 12.8 Å². The lowest BCUT2D eigenvalue weighted by Crippen LogP contribution is -2.41. The topological polar surface area (TPSA) is 60.9 Å². The molecule has 1 aliphatic rings. The van der Waals surface area contributed by atoms with Crippen LogP contribution in [0.15, 0.2) is 59.4 Å². The van der Waals surface area contributed by atoms with E-state index in [1.165, 1.54) is 16.7 Å². The number of hydrogen-bond donors (Lipinski definition) is 1. The lowest BCUT2D eigenvalue weighted by molar-refractivity contribution is 0.435. The van der Waals surface area contributed by atoms with Crippen LogP contribution in [0.4, 0.5) is 0 Å². The summed E-state index contributed by atoms with van der Waals surface area (Å²) in [4.78, 5) is 13.5. The van der Waals surface area contributed by atoms with Gasteiger partial charge >= 0.3 is 0 Å². The van der Waals surface area contributed by atoms with Crippen molar-refractivity contribution < 1.29 is 0 Å². The van der Waals surface area contributed by atoms with Crippen molar-refractivity contribution in [2.75, 3.05) is 0 Å². The van der Waals surface area contributed by atoms with Gasteiger partial charge in [0.05, 0.1) is 0 Å². The quantitative estimate of drug-likeness (QED) is 0.682. The lowest BCUT2D eigenvalue weighted by Gasteiger charge is -2.32. The first kappa shape index (κ1) is 20.5. The first-order chi connectivity index (χ1) is 14.5. The minimum Gasteiger partial charge on any atom is -0.327 e. The van der Waals surface area contributed by atoms with Crippen LogP contribution < -0.4 is 11.2 Å². The first-order valence-electron chi connectivity index (χ1n) is 11.0. The number of aryl methyl sites for hydroxylation is 1. The third-order valence-electron chi connectivity index (χ3n) is 6.61. The summed E-state index contributed by atoms with van der Waals surface area (Å²) in [5, 5.41) is 4.64. The fourth-order valence-electron chi connectivity index (χ4n) is 4.64. The average molecular weight is 402 g/mol. The molecule has 0 saturated heterocycles. The molecule has 0 fully saturated rings. The Kier molecular flexibility index (Phi) is 5.87. The first-order valence-corrected chi connectivity index (χ1v) is 11.0. The summed E-state index contributed by atoms with van der Waals surface area (Å²) in [6.07, 6.45) is 3.37. The molecule has 156 valence electrons. The number of benzene rings is 2. The molecule has 3 aromatic rings. The van der Waals surface area contributed by atoms with E-state index in [2.05, 4.69) is 67.5 Å². The summed E-state index contributed by atoms with van der Waals surface area (Å²) in [5.74, 6) is 0.165. The van der Waals surface area contributed by atoms with Gasteiger partial charge in [-0.25, -0.2) is 0 Å². The van der Waals surface area contributed by atoms with E-state index in [9.17, 15) is 4.79 Å². The van der Waals surface area contributed by atoms with Crippen molar-refractivity contribution in [1.29, 1.82) is 0 Å². The van der Waals surface area contributed by atoms with Crippen molar-refractivity contribution in [3.05, 3.63) is 87.3 Å². The second-order valence-corrected chi connectivity index (χ2v) is 8.59. The summed E-state index contributed by atoms with van der Waals surface area (Å²) in [7, 11) is 1.97. The van der Waals surface area contributed by atoms with Gasteiger partial charge in [0.2, 0.25) is 5.43 Å². The molecular formula is C26H31N3O. The summed E-state index contributed by atoms with van der Waals surface area (Å²) in [5.41, 5.74) is 12.9. The molecule has 0 saturated carbocycles. The smallest absolute Gasteiger partial charge is 0.207 e. The number of aromatic nitrogens is 2. The number of rotatable bonds is 5. The normalized spacial score (nSPS) is 19.3. The maximum absolute atomic E-state index is 13.5. The fraction of sp³-hybridized carbons (Fsp3) is 0.385. The largest absolute Gasteiger partial charge is 0.327 e. The maximum Gasteiger partial charge on any atom is 0.207 e. The predicted molar refractivity (Wildman–Crippen MR) is 123 cm³/mol. The second-order valence-electron chi connectivity index (χ2n) is 8.59. The molecule has 4 nitrogen and oxygen atoms in total. The van der Waals surface area contributed by atoms with Crippen LogP contribution in [0.3, 0.4) is 0 Å². The van der Waals surface area contributed by atoms with E-state index in [0.717, 1.165) is 36.9 Å². The molecule has 4 heteroatoms. The van der Waals surface area contributed by atoms with Crippen LogP contribution >= 0.6 is 0 Å². The van der Waals surface area contributed by atoms with Gasteiger partial charge in [-0.15, -0.1) is 0 Å². The van der Waals surface area contributed by atoms with Gasteiger partial charge in [0.25, 0.3) is 0 Å². The van der Waals surface area contributed by atoms with E-state index >= 15 is 0 Å². The van der Waals surface area contributed by atoms with Crippen LogP contribution in [-0.4, -0.2) is 15.8 Å². The summed E-state index contributed by atoms with van der Waals surface area (Å²) in [6, 6.07) is 19.0. The van der Waals surface area contributed by atoms with Gasteiger partial charge in [0.15, 0.2) is 0 Å². The Morgan fingerprint density at radius 2 is 1.87 bits per heavy atom. The van der Waals surface area contributed by atoms with E-state index < -0.39 is 0 Å². The van der Waals surface area contributed by atoms with E-state index in [1.807, 2.05) is 17.8 Å². The van der Waals surface area contributed by atoms with Gasteiger partial charge in [0, 0.05) is 36.2 Å². The number of hydrogen-bond acceptors (Lipinski definition) is 3. The molecule has 0 amide bonds. The predicted octanol–water partition coefficient (Wildman–Crippen LogP) is 4.56. The Morgan fingerprint density at radius 1 is 1.13 bits per heavy atom. The highest BCUT2D eigenvalue weighted by atomic mass is 16.1. The fourth-order valence-corrected chi connectivity index (χ4v) is 4.64. The van der Waals surface area contributed by atoms with Gasteiger partial charge < -0.3 is 5.73 Å². The minimum atomic E-state index is -0.0160. The molecule has 2 aromatic carbocycles. The van der Waals surface area contributed by atoms with Crippen LogP contribution in [0.2, 0.25) is 0 Å². The van der Waals surface area contributed by atoms with Gasteiger partial charge in [-0.1, -0.05) is 68.4 Å². The Hall–Kier alpha value is -2.72. The Balaban J connectivity index is 1.75. The zero-order valence-corrected chi connectivity index (χ0v) is 18.1. The van der Waals surface area contributed by atoms with Crippen molar-refractivity contribution in [1.82, 2.24) is 9.78 Å². The molecule has 2 N–H and O–H groups in total. The molecule has 3 atom stereocenters. The van der Waals surface area contributed by atoms with Crippen molar-refractivity contribution in [3.63, 3.8) is 0 Å². The molecule has 1 heterocycles. The molecule has 0 radical (unpaired) electrons. The summed E-state index contributed by atoms with van der Waals surface area (Å²) < 4.78 is 1.93. The highest BCUT2D eigenvalue weighted by Gasteiger charge is 2.33. The van der Waals surface area contributed by atoms with Crippen LogP contribution in [0.5, 0.6) is 0 Å². The van der Waals surface area contributed by atoms with E-state index in [-0.39, 0.29) is 23.3 Å². The molecule has 3 unspecified atom stereocenters. The molecule has 0 aliphatic heterocycles. The summed E-state index contributed by atoms with van der Waals surface area (Å²) >= 11 is 0. The van der Waals surface area contributed by atoms with Crippen LogP contribution in [0, 0.1) is 0 Å². The molecular weight excluding hydrogens is 370 g/mol. The molecule has 4 rings (SSSR count). The van der Waals surface area contributed by atoms with E-state index in [0.29, 0.717) is 5.69 Å². The molecule has 0 bridgehead atoms.